The van der Waals surface area contributed by atoms with Gasteiger partial charge in [0.05, 0.1) is 0 Å². The van der Waals surface area contributed by atoms with Crippen LogP contribution in [0.4, 0.5) is 0 Å². The quantitative estimate of drug-likeness (QED) is 0.841. The molecule has 0 aliphatic carbocycles. The van der Waals surface area contributed by atoms with Gasteiger partial charge in [-0.05, 0) is 36.9 Å². The monoisotopic (exact) mass is 260 g/mol. The van der Waals surface area contributed by atoms with Gasteiger partial charge in [0.25, 0.3) is 0 Å². The summed E-state index contributed by atoms with van der Waals surface area (Å²) in [7, 11) is 0. The Labute approximate surface area is 118 Å². The third-order valence-electron chi connectivity index (χ3n) is 4.06. The van der Waals surface area contributed by atoms with E-state index in [1.807, 2.05) is 0 Å². The highest BCUT2D eigenvalue weighted by Gasteiger charge is 2.22. The molecule has 1 aliphatic rings. The van der Waals surface area contributed by atoms with E-state index in [2.05, 4.69) is 55.3 Å². The maximum Gasteiger partial charge on any atom is 0.0236 e. The Morgan fingerprint density at radius 3 is 2.84 bits per heavy atom. The van der Waals surface area contributed by atoms with E-state index in [1.165, 1.54) is 36.9 Å². The Balaban J connectivity index is 1.94. The number of benzene rings is 1. The van der Waals surface area contributed by atoms with E-state index >= 15 is 0 Å². The maximum atomic E-state index is 3.49. The normalized spacial score (nSPS) is 20.3. The Bertz CT molecular complexity index is 387. The van der Waals surface area contributed by atoms with Crippen molar-refractivity contribution in [2.45, 2.75) is 65.2 Å². The van der Waals surface area contributed by atoms with Crippen molar-refractivity contribution < 1.29 is 0 Å². The zero-order valence-electron chi connectivity index (χ0n) is 12.7. The molecule has 2 rings (SSSR count). The van der Waals surface area contributed by atoms with Gasteiger partial charge in [-0.25, -0.2) is 0 Å². The molecule has 0 spiro atoms. The summed E-state index contributed by atoms with van der Waals surface area (Å²) in [6.07, 6.45) is 4.03. The van der Waals surface area contributed by atoms with Crippen LogP contribution in [0.25, 0.3) is 0 Å². The number of hydrogen-bond acceptors (Lipinski definition) is 2. The van der Waals surface area contributed by atoms with E-state index in [1.54, 1.807) is 0 Å². The molecule has 1 atom stereocenters. The molecule has 1 saturated heterocycles. The van der Waals surface area contributed by atoms with Crippen molar-refractivity contribution in [1.29, 1.82) is 0 Å². The first kappa shape index (κ1) is 14.5. The summed E-state index contributed by atoms with van der Waals surface area (Å²) in [5.74, 6) is 0. The number of hydrogen-bond donors (Lipinski definition) is 1. The summed E-state index contributed by atoms with van der Waals surface area (Å²) in [5, 5.41) is 3.49. The van der Waals surface area contributed by atoms with Crippen LogP contribution in [-0.2, 0) is 13.1 Å². The lowest BCUT2D eigenvalue weighted by molar-refractivity contribution is 0.240. The van der Waals surface area contributed by atoms with E-state index < -0.39 is 0 Å². The van der Waals surface area contributed by atoms with Crippen LogP contribution in [0.3, 0.4) is 0 Å². The number of nitrogens with zero attached hydrogens (tertiary/aromatic N) is 1. The van der Waals surface area contributed by atoms with Crippen LogP contribution in [0, 0.1) is 0 Å². The SMILES string of the molecule is CCC1CCCN1Cc1cccc(CNC(C)C)c1. The van der Waals surface area contributed by atoms with E-state index in [4.69, 9.17) is 0 Å². The van der Waals surface area contributed by atoms with Crippen LogP contribution in [-0.4, -0.2) is 23.5 Å². The molecule has 1 N–H and O–H groups in total. The number of nitrogens with one attached hydrogen (secondary N) is 1. The summed E-state index contributed by atoms with van der Waals surface area (Å²) >= 11 is 0. The van der Waals surface area contributed by atoms with Gasteiger partial charge in [-0.1, -0.05) is 45.0 Å². The molecular weight excluding hydrogens is 232 g/mol. The lowest BCUT2D eigenvalue weighted by atomic mass is 10.1. The van der Waals surface area contributed by atoms with Crippen molar-refractivity contribution >= 4 is 0 Å². The zero-order valence-corrected chi connectivity index (χ0v) is 12.7. The van der Waals surface area contributed by atoms with E-state index in [0.717, 1.165) is 19.1 Å². The molecule has 19 heavy (non-hydrogen) atoms. The van der Waals surface area contributed by atoms with E-state index in [0.29, 0.717) is 6.04 Å². The highest BCUT2D eigenvalue weighted by Crippen LogP contribution is 2.22. The second kappa shape index (κ2) is 7.06. The molecule has 0 saturated carbocycles. The topological polar surface area (TPSA) is 15.3 Å². The van der Waals surface area contributed by atoms with Gasteiger partial charge in [0.1, 0.15) is 0 Å². The first-order valence-electron chi connectivity index (χ1n) is 7.74. The predicted octanol–water partition coefficient (Wildman–Crippen LogP) is 3.56. The molecule has 0 radical (unpaired) electrons. The molecule has 1 heterocycles. The number of likely N-dealkylation sites (tertiary alicyclic amines) is 1. The van der Waals surface area contributed by atoms with Crippen molar-refractivity contribution in [3.63, 3.8) is 0 Å². The Kier molecular flexibility index (Phi) is 5.41. The molecule has 1 unspecified atom stereocenters. The standard InChI is InChI=1S/C17H28N2/c1-4-17-9-6-10-19(17)13-16-8-5-7-15(11-16)12-18-14(2)3/h5,7-8,11,14,17-18H,4,6,9-10,12-13H2,1-3H3. The summed E-state index contributed by atoms with van der Waals surface area (Å²) in [5.41, 5.74) is 2.86. The van der Waals surface area contributed by atoms with Crippen molar-refractivity contribution in [2.75, 3.05) is 6.54 Å². The second-order valence-electron chi connectivity index (χ2n) is 6.03. The minimum atomic E-state index is 0.548. The molecular formula is C17H28N2. The minimum absolute atomic E-state index is 0.548. The smallest absolute Gasteiger partial charge is 0.0236 e. The molecule has 1 fully saturated rings. The summed E-state index contributed by atoms with van der Waals surface area (Å²) in [4.78, 5) is 2.65. The lowest BCUT2D eigenvalue weighted by Gasteiger charge is -2.23. The largest absolute Gasteiger partial charge is 0.310 e. The van der Waals surface area contributed by atoms with Crippen molar-refractivity contribution in [2.24, 2.45) is 0 Å². The van der Waals surface area contributed by atoms with Crippen LogP contribution >= 0.6 is 0 Å². The van der Waals surface area contributed by atoms with Gasteiger partial charge in [0.15, 0.2) is 0 Å². The summed E-state index contributed by atoms with van der Waals surface area (Å²) in [6, 6.07) is 10.4. The van der Waals surface area contributed by atoms with Crippen LogP contribution < -0.4 is 5.32 Å². The molecule has 1 aliphatic heterocycles. The van der Waals surface area contributed by atoms with Gasteiger partial charge in [-0.15, -0.1) is 0 Å². The molecule has 0 bridgehead atoms. The van der Waals surface area contributed by atoms with Crippen LogP contribution in [0.15, 0.2) is 24.3 Å². The highest BCUT2D eigenvalue weighted by molar-refractivity contribution is 5.23. The summed E-state index contributed by atoms with van der Waals surface area (Å²) in [6.45, 7) is 10.1. The Hall–Kier alpha value is -0.860. The molecule has 0 aromatic heterocycles. The average molecular weight is 260 g/mol. The van der Waals surface area contributed by atoms with Gasteiger partial charge >= 0.3 is 0 Å². The van der Waals surface area contributed by atoms with Crippen LogP contribution in [0.5, 0.6) is 0 Å². The zero-order chi connectivity index (χ0) is 13.7. The van der Waals surface area contributed by atoms with Gasteiger partial charge < -0.3 is 5.32 Å². The van der Waals surface area contributed by atoms with Crippen LogP contribution in [0.2, 0.25) is 0 Å². The van der Waals surface area contributed by atoms with Crippen molar-refractivity contribution in [3.05, 3.63) is 35.4 Å². The number of rotatable bonds is 6. The van der Waals surface area contributed by atoms with Crippen LogP contribution in [0.1, 0.15) is 51.2 Å². The van der Waals surface area contributed by atoms with E-state index in [-0.39, 0.29) is 0 Å². The molecule has 0 amide bonds. The average Bonchev–Trinajstić information content (AvgIpc) is 2.84. The fourth-order valence-electron chi connectivity index (χ4n) is 2.96. The van der Waals surface area contributed by atoms with Gasteiger partial charge in [0.2, 0.25) is 0 Å². The molecule has 2 nitrogen and oxygen atoms in total. The maximum absolute atomic E-state index is 3.49. The van der Waals surface area contributed by atoms with Crippen molar-refractivity contribution in [1.82, 2.24) is 10.2 Å². The van der Waals surface area contributed by atoms with Gasteiger partial charge in [0, 0.05) is 25.2 Å². The fourth-order valence-corrected chi connectivity index (χ4v) is 2.96. The predicted molar refractivity (Wildman–Crippen MR) is 82.1 cm³/mol. The molecule has 1 aromatic carbocycles. The third-order valence-corrected chi connectivity index (χ3v) is 4.06. The lowest BCUT2D eigenvalue weighted by Crippen LogP contribution is -2.28. The van der Waals surface area contributed by atoms with Gasteiger partial charge in [-0.3, -0.25) is 4.90 Å². The van der Waals surface area contributed by atoms with Gasteiger partial charge in [-0.2, -0.15) is 0 Å². The minimum Gasteiger partial charge on any atom is -0.310 e. The first-order valence-corrected chi connectivity index (χ1v) is 7.74. The van der Waals surface area contributed by atoms with Crippen molar-refractivity contribution in [3.8, 4) is 0 Å². The Morgan fingerprint density at radius 1 is 1.32 bits per heavy atom. The second-order valence-corrected chi connectivity index (χ2v) is 6.03. The van der Waals surface area contributed by atoms with E-state index in [9.17, 15) is 0 Å². The first-order chi connectivity index (χ1) is 9.19. The Morgan fingerprint density at radius 2 is 2.11 bits per heavy atom. The highest BCUT2D eigenvalue weighted by atomic mass is 15.2. The molecule has 1 aromatic rings. The summed E-state index contributed by atoms with van der Waals surface area (Å²) < 4.78 is 0. The fraction of sp³-hybridized carbons (Fsp3) is 0.647. The molecule has 106 valence electrons. The molecule has 2 heteroatoms. The third kappa shape index (κ3) is 4.32.